The Balaban J connectivity index is 1.42. The summed E-state index contributed by atoms with van der Waals surface area (Å²) in [5.41, 5.74) is 2.00. The lowest BCUT2D eigenvalue weighted by atomic mass is 10.1. The molecule has 0 unspecified atom stereocenters. The van der Waals surface area contributed by atoms with Crippen LogP contribution in [0.2, 0.25) is 0 Å². The molecule has 0 fully saturated rings. The summed E-state index contributed by atoms with van der Waals surface area (Å²) in [5, 5.41) is 3.32. The van der Waals surface area contributed by atoms with Gasteiger partial charge in [-0.05, 0) is 44.2 Å². The maximum atomic E-state index is 12.9. The van der Waals surface area contributed by atoms with Crippen molar-refractivity contribution in [3.05, 3.63) is 64.6 Å². The molecule has 1 N–H and O–H groups in total. The summed E-state index contributed by atoms with van der Waals surface area (Å²) in [4.78, 5) is 32.3. The molecule has 7 nitrogen and oxygen atoms in total. The highest BCUT2D eigenvalue weighted by atomic mass is 32.1. The van der Waals surface area contributed by atoms with Gasteiger partial charge in [0.25, 0.3) is 11.8 Å². The van der Waals surface area contributed by atoms with Gasteiger partial charge in [-0.2, -0.15) is 0 Å². The molecule has 0 aliphatic carbocycles. The fourth-order valence-corrected chi connectivity index (χ4v) is 4.13. The van der Waals surface area contributed by atoms with Gasteiger partial charge in [0.1, 0.15) is 12.0 Å². The van der Waals surface area contributed by atoms with E-state index in [4.69, 9.17) is 9.15 Å². The van der Waals surface area contributed by atoms with Crippen molar-refractivity contribution in [1.29, 1.82) is 0 Å². The van der Waals surface area contributed by atoms with E-state index in [9.17, 15) is 9.59 Å². The summed E-state index contributed by atoms with van der Waals surface area (Å²) in [6, 6.07) is 8.82. The summed E-state index contributed by atoms with van der Waals surface area (Å²) >= 11 is 1.40. The molecule has 0 bridgehead atoms. The van der Waals surface area contributed by atoms with Gasteiger partial charge < -0.3 is 14.1 Å². The molecule has 0 atom stereocenters. The molecule has 150 valence electrons. The molecule has 3 heterocycles. The number of furan rings is 1. The Morgan fingerprint density at radius 2 is 2.00 bits per heavy atom. The zero-order valence-electron chi connectivity index (χ0n) is 16.2. The predicted molar refractivity (Wildman–Crippen MR) is 109 cm³/mol. The van der Waals surface area contributed by atoms with Gasteiger partial charge in [0.15, 0.2) is 5.13 Å². The van der Waals surface area contributed by atoms with Crippen LogP contribution in [0.1, 0.15) is 45.1 Å². The number of carbonyl (C=O) groups excluding carboxylic acids is 2. The molecule has 0 saturated carbocycles. The molecule has 29 heavy (non-hydrogen) atoms. The lowest BCUT2D eigenvalue weighted by Gasteiger charge is -2.26. The van der Waals surface area contributed by atoms with E-state index in [1.807, 2.05) is 26.0 Å². The average Bonchev–Trinajstić information content (AvgIpc) is 3.36. The number of hydrogen-bond donors (Lipinski definition) is 1. The maximum Gasteiger partial charge on any atom is 0.260 e. The third-order valence-corrected chi connectivity index (χ3v) is 5.49. The molecular weight excluding hydrogens is 390 g/mol. The first-order valence-electron chi connectivity index (χ1n) is 9.37. The highest BCUT2D eigenvalue weighted by Gasteiger charge is 2.25. The second-order valence-corrected chi connectivity index (χ2v) is 8.11. The standard InChI is InChI=1S/C21H21N3O4S/c1-13(2)28-16-5-3-14(4-6-16)20(26)24-9-7-17-18(11-24)29-21(22-17)23-19(25)15-8-10-27-12-15/h3-6,8,10,12-13H,7,9,11H2,1-2H3,(H,22,23,25). The monoisotopic (exact) mass is 411 g/mol. The molecule has 8 heteroatoms. The Bertz CT molecular complexity index is 1010. The van der Waals surface area contributed by atoms with Gasteiger partial charge in [-0.25, -0.2) is 4.98 Å². The van der Waals surface area contributed by atoms with Crippen LogP contribution in [0.4, 0.5) is 5.13 Å². The number of anilines is 1. The molecule has 1 aromatic carbocycles. The largest absolute Gasteiger partial charge is 0.491 e. The third kappa shape index (κ3) is 4.32. The van der Waals surface area contributed by atoms with Gasteiger partial charge in [-0.15, -0.1) is 0 Å². The van der Waals surface area contributed by atoms with Crippen molar-refractivity contribution in [3.63, 3.8) is 0 Å². The van der Waals surface area contributed by atoms with Crippen molar-refractivity contribution in [2.24, 2.45) is 0 Å². The van der Waals surface area contributed by atoms with Crippen LogP contribution < -0.4 is 10.1 Å². The van der Waals surface area contributed by atoms with E-state index in [1.54, 1.807) is 23.1 Å². The number of ether oxygens (including phenoxy) is 1. The second kappa shape index (κ2) is 8.08. The van der Waals surface area contributed by atoms with Crippen LogP contribution >= 0.6 is 11.3 Å². The van der Waals surface area contributed by atoms with Crippen LogP contribution in [0.15, 0.2) is 47.3 Å². The normalized spacial score (nSPS) is 13.3. The lowest BCUT2D eigenvalue weighted by Crippen LogP contribution is -2.35. The smallest absolute Gasteiger partial charge is 0.260 e. The van der Waals surface area contributed by atoms with E-state index in [2.05, 4.69) is 10.3 Å². The highest BCUT2D eigenvalue weighted by Crippen LogP contribution is 2.29. The number of nitrogens with one attached hydrogen (secondary N) is 1. The summed E-state index contributed by atoms with van der Waals surface area (Å²) in [6.07, 6.45) is 3.59. The lowest BCUT2D eigenvalue weighted by molar-refractivity contribution is 0.0736. The fraction of sp³-hybridized carbons (Fsp3) is 0.286. The highest BCUT2D eigenvalue weighted by molar-refractivity contribution is 7.15. The number of aromatic nitrogens is 1. The predicted octanol–water partition coefficient (Wildman–Crippen LogP) is 3.97. The van der Waals surface area contributed by atoms with Gasteiger partial charge in [0.05, 0.1) is 30.2 Å². The van der Waals surface area contributed by atoms with Crippen LogP contribution in [0, 0.1) is 0 Å². The number of carbonyl (C=O) groups is 2. The van der Waals surface area contributed by atoms with Gasteiger partial charge in [-0.3, -0.25) is 14.9 Å². The number of hydrogen-bond acceptors (Lipinski definition) is 6. The molecule has 3 aromatic rings. The number of fused-ring (bicyclic) bond motifs is 1. The zero-order chi connectivity index (χ0) is 20.4. The van der Waals surface area contributed by atoms with Gasteiger partial charge in [0.2, 0.25) is 0 Å². The minimum absolute atomic E-state index is 0.0240. The van der Waals surface area contributed by atoms with E-state index in [0.29, 0.717) is 35.8 Å². The van der Waals surface area contributed by atoms with Crippen molar-refractivity contribution < 1.29 is 18.7 Å². The number of rotatable bonds is 5. The molecule has 0 spiro atoms. The Kier molecular flexibility index (Phi) is 5.35. The summed E-state index contributed by atoms with van der Waals surface area (Å²) in [6.45, 7) is 5.00. The molecule has 1 aliphatic rings. The first-order valence-corrected chi connectivity index (χ1v) is 10.2. The van der Waals surface area contributed by atoms with E-state index < -0.39 is 0 Å². The van der Waals surface area contributed by atoms with Gasteiger partial charge >= 0.3 is 0 Å². The summed E-state index contributed by atoms with van der Waals surface area (Å²) in [5.74, 6) is 0.462. The summed E-state index contributed by atoms with van der Waals surface area (Å²) < 4.78 is 10.6. The van der Waals surface area contributed by atoms with Crippen LogP contribution in [-0.4, -0.2) is 34.3 Å². The molecule has 4 rings (SSSR count). The number of amides is 2. The van der Waals surface area contributed by atoms with Gasteiger partial charge in [0, 0.05) is 23.4 Å². The Morgan fingerprint density at radius 1 is 1.21 bits per heavy atom. The SMILES string of the molecule is CC(C)Oc1ccc(C(=O)N2CCc3nc(NC(=O)c4ccoc4)sc3C2)cc1. The minimum atomic E-state index is -0.263. The molecule has 0 radical (unpaired) electrons. The number of thiazole rings is 1. The molecule has 2 amide bonds. The number of benzene rings is 1. The van der Waals surface area contributed by atoms with Crippen LogP contribution in [0.25, 0.3) is 0 Å². The quantitative estimate of drug-likeness (QED) is 0.687. The Labute approximate surface area is 172 Å². The van der Waals surface area contributed by atoms with Crippen LogP contribution in [-0.2, 0) is 13.0 Å². The van der Waals surface area contributed by atoms with E-state index in [-0.39, 0.29) is 17.9 Å². The third-order valence-electron chi connectivity index (χ3n) is 4.50. The second-order valence-electron chi connectivity index (χ2n) is 7.02. The topological polar surface area (TPSA) is 84.7 Å². The van der Waals surface area contributed by atoms with Gasteiger partial charge in [-0.1, -0.05) is 11.3 Å². The van der Waals surface area contributed by atoms with Crippen molar-refractivity contribution in [3.8, 4) is 5.75 Å². The van der Waals surface area contributed by atoms with Crippen molar-refractivity contribution >= 4 is 28.3 Å². The Hall–Kier alpha value is -3.13. The van der Waals surface area contributed by atoms with E-state index in [1.165, 1.54) is 23.9 Å². The molecular formula is C21H21N3O4S. The Morgan fingerprint density at radius 3 is 2.69 bits per heavy atom. The van der Waals surface area contributed by atoms with Crippen LogP contribution in [0.3, 0.4) is 0 Å². The first-order chi connectivity index (χ1) is 14.0. The average molecular weight is 411 g/mol. The molecule has 2 aromatic heterocycles. The van der Waals surface area contributed by atoms with E-state index >= 15 is 0 Å². The summed E-state index contributed by atoms with van der Waals surface area (Å²) in [7, 11) is 0. The fourth-order valence-electron chi connectivity index (χ4n) is 3.12. The van der Waals surface area contributed by atoms with Crippen molar-refractivity contribution in [2.45, 2.75) is 32.9 Å². The molecule has 1 aliphatic heterocycles. The zero-order valence-corrected chi connectivity index (χ0v) is 17.0. The maximum absolute atomic E-state index is 12.9. The number of nitrogens with zero attached hydrogens (tertiary/aromatic N) is 2. The van der Waals surface area contributed by atoms with Crippen molar-refractivity contribution in [1.82, 2.24) is 9.88 Å². The van der Waals surface area contributed by atoms with E-state index in [0.717, 1.165) is 16.3 Å². The van der Waals surface area contributed by atoms with Crippen molar-refractivity contribution in [2.75, 3.05) is 11.9 Å². The molecule has 0 saturated heterocycles. The minimum Gasteiger partial charge on any atom is -0.491 e. The van der Waals surface area contributed by atoms with Crippen LogP contribution in [0.5, 0.6) is 5.75 Å². The first kappa shape index (κ1) is 19.2.